The standard InChI is InChI=1S/C19H18N4O3S2/c1-2-26-17(25)13-8-10-14(11-9-13)21-16(24)15(12-6-4-3-5-7-12)27-19-23-22-18(20)28-19/h3-11,15H,2H2,1H3,(H2,20,22)(H,21,24)/t15-/m1/s1. The van der Waals surface area contributed by atoms with Crippen LogP contribution in [0.5, 0.6) is 0 Å². The first kappa shape index (κ1) is 19.8. The van der Waals surface area contributed by atoms with E-state index in [1.54, 1.807) is 31.2 Å². The van der Waals surface area contributed by atoms with Crippen molar-refractivity contribution < 1.29 is 14.3 Å². The Bertz CT molecular complexity index is 945. The Morgan fingerprint density at radius 3 is 2.46 bits per heavy atom. The number of carbonyl (C=O) groups is 2. The highest BCUT2D eigenvalue weighted by molar-refractivity contribution is 8.02. The highest BCUT2D eigenvalue weighted by atomic mass is 32.2. The molecule has 9 heteroatoms. The molecule has 1 amide bonds. The lowest BCUT2D eigenvalue weighted by atomic mass is 10.1. The largest absolute Gasteiger partial charge is 0.462 e. The van der Waals surface area contributed by atoms with E-state index >= 15 is 0 Å². The van der Waals surface area contributed by atoms with E-state index in [2.05, 4.69) is 15.5 Å². The van der Waals surface area contributed by atoms with Crippen molar-refractivity contribution in [2.75, 3.05) is 17.7 Å². The maximum absolute atomic E-state index is 12.9. The fourth-order valence-corrected chi connectivity index (χ4v) is 4.21. The number of aromatic nitrogens is 2. The Kier molecular flexibility index (Phi) is 6.62. The number of nitrogen functional groups attached to an aromatic ring is 1. The average molecular weight is 415 g/mol. The number of esters is 1. The fourth-order valence-electron chi connectivity index (χ4n) is 2.38. The number of nitrogens with zero attached hydrogens (tertiary/aromatic N) is 2. The normalized spacial score (nSPS) is 11.6. The van der Waals surface area contributed by atoms with Crippen molar-refractivity contribution in [2.24, 2.45) is 0 Å². The maximum Gasteiger partial charge on any atom is 0.338 e. The third kappa shape index (κ3) is 5.08. The van der Waals surface area contributed by atoms with Gasteiger partial charge in [-0.25, -0.2) is 4.79 Å². The fraction of sp³-hybridized carbons (Fsp3) is 0.158. The van der Waals surface area contributed by atoms with E-state index in [9.17, 15) is 9.59 Å². The summed E-state index contributed by atoms with van der Waals surface area (Å²) in [6.07, 6.45) is 0. The summed E-state index contributed by atoms with van der Waals surface area (Å²) in [5.74, 6) is -0.610. The van der Waals surface area contributed by atoms with Gasteiger partial charge in [-0.1, -0.05) is 53.4 Å². The molecule has 0 saturated heterocycles. The van der Waals surface area contributed by atoms with E-state index < -0.39 is 11.2 Å². The minimum absolute atomic E-state index is 0.214. The molecular weight excluding hydrogens is 396 g/mol. The lowest BCUT2D eigenvalue weighted by molar-refractivity contribution is -0.115. The highest BCUT2D eigenvalue weighted by Gasteiger charge is 2.24. The second kappa shape index (κ2) is 9.34. The Hall–Kier alpha value is -2.91. The van der Waals surface area contributed by atoms with E-state index in [4.69, 9.17) is 10.5 Å². The van der Waals surface area contributed by atoms with Gasteiger partial charge in [0.1, 0.15) is 5.25 Å². The molecule has 1 aromatic heterocycles. The molecule has 0 radical (unpaired) electrons. The lowest BCUT2D eigenvalue weighted by Gasteiger charge is -2.15. The van der Waals surface area contributed by atoms with Gasteiger partial charge in [0.25, 0.3) is 0 Å². The molecule has 2 aromatic carbocycles. The van der Waals surface area contributed by atoms with Crippen LogP contribution in [0.1, 0.15) is 28.1 Å². The van der Waals surface area contributed by atoms with Crippen LogP contribution in [-0.2, 0) is 9.53 Å². The van der Waals surface area contributed by atoms with Gasteiger partial charge in [-0.3, -0.25) is 4.79 Å². The molecule has 1 atom stereocenters. The number of nitrogens with one attached hydrogen (secondary N) is 1. The first-order valence-corrected chi connectivity index (χ1v) is 10.1. The highest BCUT2D eigenvalue weighted by Crippen LogP contribution is 2.38. The Labute approximate surface area is 170 Å². The number of hydrogen-bond acceptors (Lipinski definition) is 8. The quantitative estimate of drug-likeness (QED) is 0.447. The van der Waals surface area contributed by atoms with Crippen LogP contribution in [-0.4, -0.2) is 28.7 Å². The number of rotatable bonds is 7. The molecule has 0 bridgehead atoms. The molecule has 0 saturated carbocycles. The summed E-state index contributed by atoms with van der Waals surface area (Å²) in [6, 6.07) is 16.0. The molecule has 1 heterocycles. The predicted octanol–water partition coefficient (Wildman–Crippen LogP) is 3.77. The molecule has 0 fully saturated rings. The van der Waals surface area contributed by atoms with Crippen molar-refractivity contribution in [3.63, 3.8) is 0 Å². The molecule has 0 aliphatic carbocycles. The van der Waals surface area contributed by atoms with Crippen molar-refractivity contribution in [3.05, 3.63) is 65.7 Å². The van der Waals surface area contributed by atoms with Gasteiger partial charge in [-0.2, -0.15) is 0 Å². The van der Waals surface area contributed by atoms with E-state index in [-0.39, 0.29) is 5.91 Å². The predicted molar refractivity (Wildman–Crippen MR) is 110 cm³/mol. The van der Waals surface area contributed by atoms with E-state index in [0.29, 0.717) is 27.3 Å². The molecule has 3 N–H and O–H groups in total. The number of thioether (sulfide) groups is 1. The van der Waals surface area contributed by atoms with Crippen LogP contribution in [0.25, 0.3) is 0 Å². The number of anilines is 2. The van der Waals surface area contributed by atoms with Crippen LogP contribution >= 0.6 is 23.1 Å². The third-order valence-electron chi connectivity index (χ3n) is 3.64. The van der Waals surface area contributed by atoms with Gasteiger partial charge >= 0.3 is 5.97 Å². The first-order chi connectivity index (χ1) is 13.6. The van der Waals surface area contributed by atoms with Crippen LogP contribution < -0.4 is 11.1 Å². The van der Waals surface area contributed by atoms with Gasteiger partial charge in [0.15, 0.2) is 4.34 Å². The lowest BCUT2D eigenvalue weighted by Crippen LogP contribution is -2.19. The van der Waals surface area contributed by atoms with Gasteiger partial charge < -0.3 is 15.8 Å². The molecule has 0 aliphatic rings. The Morgan fingerprint density at radius 1 is 1.14 bits per heavy atom. The van der Waals surface area contributed by atoms with Gasteiger partial charge in [-0.05, 0) is 36.8 Å². The van der Waals surface area contributed by atoms with Gasteiger partial charge in [0.05, 0.1) is 12.2 Å². The van der Waals surface area contributed by atoms with Crippen molar-refractivity contribution in [3.8, 4) is 0 Å². The molecule has 3 rings (SSSR count). The molecular formula is C19H18N4O3S2. The minimum Gasteiger partial charge on any atom is -0.462 e. The molecule has 28 heavy (non-hydrogen) atoms. The summed E-state index contributed by atoms with van der Waals surface area (Å²) in [6.45, 7) is 2.06. The summed E-state index contributed by atoms with van der Waals surface area (Å²) < 4.78 is 5.57. The third-order valence-corrected chi connectivity index (χ3v) is 5.74. The number of amides is 1. The zero-order valence-electron chi connectivity index (χ0n) is 15.0. The van der Waals surface area contributed by atoms with Crippen LogP contribution in [0.3, 0.4) is 0 Å². The van der Waals surface area contributed by atoms with Crippen molar-refractivity contribution >= 4 is 45.8 Å². The SMILES string of the molecule is CCOC(=O)c1ccc(NC(=O)[C@H](Sc2nnc(N)s2)c2ccccc2)cc1. The van der Waals surface area contributed by atoms with E-state index in [0.717, 1.165) is 5.56 Å². The summed E-state index contributed by atoms with van der Waals surface area (Å²) in [5.41, 5.74) is 7.49. The minimum atomic E-state index is -0.529. The second-order valence-electron chi connectivity index (χ2n) is 5.60. The van der Waals surface area contributed by atoms with Gasteiger partial charge in [0.2, 0.25) is 11.0 Å². The summed E-state index contributed by atoms with van der Waals surface area (Å²) in [5, 5.41) is 10.5. The van der Waals surface area contributed by atoms with Crippen molar-refractivity contribution in [1.29, 1.82) is 0 Å². The Morgan fingerprint density at radius 2 is 1.86 bits per heavy atom. The Balaban J connectivity index is 1.76. The van der Waals surface area contributed by atoms with Crippen LogP contribution in [0.4, 0.5) is 10.8 Å². The zero-order valence-corrected chi connectivity index (χ0v) is 16.6. The number of ether oxygens (including phenoxy) is 1. The maximum atomic E-state index is 12.9. The number of benzene rings is 2. The van der Waals surface area contributed by atoms with Crippen LogP contribution in [0, 0.1) is 0 Å². The number of nitrogens with two attached hydrogens (primary N) is 1. The number of hydrogen-bond donors (Lipinski definition) is 2. The molecule has 0 aliphatic heterocycles. The molecule has 0 spiro atoms. The van der Waals surface area contributed by atoms with Crippen molar-refractivity contribution in [2.45, 2.75) is 16.5 Å². The monoisotopic (exact) mass is 414 g/mol. The van der Waals surface area contributed by atoms with Crippen LogP contribution in [0.15, 0.2) is 58.9 Å². The van der Waals surface area contributed by atoms with E-state index in [1.807, 2.05) is 30.3 Å². The summed E-state index contributed by atoms with van der Waals surface area (Å²) >= 11 is 2.51. The van der Waals surface area contributed by atoms with Crippen molar-refractivity contribution in [1.82, 2.24) is 10.2 Å². The molecule has 3 aromatic rings. The molecule has 0 unspecified atom stereocenters. The summed E-state index contributed by atoms with van der Waals surface area (Å²) in [7, 11) is 0. The molecule has 144 valence electrons. The molecule has 7 nitrogen and oxygen atoms in total. The average Bonchev–Trinajstić information content (AvgIpc) is 3.12. The first-order valence-electron chi connectivity index (χ1n) is 8.45. The zero-order chi connectivity index (χ0) is 19.9. The number of carbonyl (C=O) groups excluding carboxylic acids is 2. The van der Waals surface area contributed by atoms with Crippen LogP contribution in [0.2, 0.25) is 0 Å². The van der Waals surface area contributed by atoms with Gasteiger partial charge in [-0.15, -0.1) is 10.2 Å². The topological polar surface area (TPSA) is 107 Å². The second-order valence-corrected chi connectivity index (χ2v) is 7.96. The van der Waals surface area contributed by atoms with E-state index in [1.165, 1.54) is 23.1 Å². The smallest absolute Gasteiger partial charge is 0.338 e. The van der Waals surface area contributed by atoms with Gasteiger partial charge in [0, 0.05) is 5.69 Å². The summed E-state index contributed by atoms with van der Waals surface area (Å²) in [4.78, 5) is 24.7.